The number of amides is 2. The van der Waals surface area contributed by atoms with E-state index >= 15 is 0 Å². The monoisotopic (exact) mass is 192 g/mol. The fourth-order valence-electron chi connectivity index (χ4n) is 1.03. The molecule has 0 radical (unpaired) electrons. The van der Waals surface area contributed by atoms with Crippen molar-refractivity contribution in [3.05, 3.63) is 29.8 Å². The van der Waals surface area contributed by atoms with Gasteiger partial charge in [-0.05, 0) is 13.0 Å². The number of carbonyl (C=O) groups excluding carboxylic acids is 1. The number of hydrogen-bond donors (Lipinski definition) is 3. The van der Waals surface area contributed by atoms with E-state index in [0.29, 0.717) is 11.4 Å². The Morgan fingerprint density at radius 3 is 2.64 bits per heavy atom. The summed E-state index contributed by atoms with van der Waals surface area (Å²) in [7, 11) is 0. The average molecular weight is 192 g/mol. The minimum absolute atomic E-state index is 0.611. The van der Waals surface area contributed by atoms with Crippen molar-refractivity contribution in [2.24, 2.45) is 10.8 Å². The molecule has 0 unspecified atom stereocenters. The van der Waals surface area contributed by atoms with Gasteiger partial charge >= 0.3 is 6.03 Å². The van der Waals surface area contributed by atoms with Gasteiger partial charge in [0.25, 0.3) is 0 Å². The lowest BCUT2D eigenvalue weighted by Gasteiger charge is -2.03. The van der Waals surface area contributed by atoms with Crippen molar-refractivity contribution in [3.8, 4) is 0 Å². The molecule has 0 atom stereocenters. The van der Waals surface area contributed by atoms with Crippen LogP contribution in [0.15, 0.2) is 29.4 Å². The molecule has 0 saturated carbocycles. The van der Waals surface area contributed by atoms with Crippen molar-refractivity contribution in [2.45, 2.75) is 6.92 Å². The molecule has 0 bridgehead atoms. The molecule has 0 saturated heterocycles. The van der Waals surface area contributed by atoms with Gasteiger partial charge in [-0.1, -0.05) is 18.2 Å². The summed E-state index contributed by atoms with van der Waals surface area (Å²) in [5.41, 5.74) is 14.7. The van der Waals surface area contributed by atoms with Crippen LogP contribution in [0, 0.1) is 0 Å². The molecule has 0 fully saturated rings. The number of nitrogens with two attached hydrogens (primary N) is 2. The summed E-state index contributed by atoms with van der Waals surface area (Å²) in [5.74, 6) is 0. The van der Waals surface area contributed by atoms with E-state index in [1.165, 1.54) is 0 Å². The molecule has 1 rings (SSSR count). The molecule has 5 heteroatoms. The lowest BCUT2D eigenvalue weighted by molar-refractivity contribution is 0.249. The molecule has 0 heterocycles. The van der Waals surface area contributed by atoms with E-state index in [1.807, 2.05) is 18.2 Å². The van der Waals surface area contributed by atoms with Crippen LogP contribution in [0.1, 0.15) is 12.5 Å². The van der Waals surface area contributed by atoms with Crippen molar-refractivity contribution >= 4 is 17.4 Å². The molecule has 74 valence electrons. The van der Waals surface area contributed by atoms with Gasteiger partial charge in [0.1, 0.15) is 0 Å². The minimum atomic E-state index is -0.696. The fraction of sp³-hybridized carbons (Fsp3) is 0.111. The summed E-state index contributed by atoms with van der Waals surface area (Å²) in [6, 6.07) is 6.55. The number of nitrogens with zero attached hydrogens (tertiary/aromatic N) is 1. The van der Waals surface area contributed by atoms with E-state index in [1.54, 1.807) is 13.0 Å². The summed E-state index contributed by atoms with van der Waals surface area (Å²) in [6.45, 7) is 1.74. The standard InChI is InChI=1S/C9H12N4O/c1-6(12-13-9(11)14)7-4-2-3-5-8(7)10/h2-5H,10H2,1H3,(H3,11,13,14)/b12-6-. The highest BCUT2D eigenvalue weighted by atomic mass is 16.2. The molecule has 14 heavy (non-hydrogen) atoms. The van der Waals surface area contributed by atoms with Crippen LogP contribution in [-0.4, -0.2) is 11.7 Å². The molecule has 0 aliphatic rings. The molecular weight excluding hydrogens is 180 g/mol. The molecule has 0 aliphatic heterocycles. The number of carbonyl (C=O) groups is 1. The summed E-state index contributed by atoms with van der Waals surface area (Å²) in [4.78, 5) is 10.4. The predicted octanol–water partition coefficient (Wildman–Crippen LogP) is 0.661. The van der Waals surface area contributed by atoms with Crippen LogP contribution in [0.2, 0.25) is 0 Å². The molecule has 1 aromatic carbocycles. The van der Waals surface area contributed by atoms with Crippen LogP contribution in [0.25, 0.3) is 0 Å². The number of hydrogen-bond acceptors (Lipinski definition) is 3. The lowest BCUT2D eigenvalue weighted by Crippen LogP contribution is -2.25. The summed E-state index contributed by atoms with van der Waals surface area (Å²) in [6.07, 6.45) is 0. The molecule has 2 amide bonds. The zero-order chi connectivity index (χ0) is 10.6. The van der Waals surface area contributed by atoms with Crippen LogP contribution in [0.5, 0.6) is 0 Å². The average Bonchev–Trinajstić information content (AvgIpc) is 2.15. The Labute approximate surface area is 81.8 Å². The first kappa shape index (κ1) is 10.0. The maximum Gasteiger partial charge on any atom is 0.332 e. The second-order valence-electron chi connectivity index (χ2n) is 2.76. The molecule has 0 spiro atoms. The van der Waals surface area contributed by atoms with Gasteiger partial charge in [-0.15, -0.1) is 0 Å². The van der Waals surface area contributed by atoms with E-state index in [2.05, 4.69) is 10.5 Å². The van der Waals surface area contributed by atoms with Gasteiger partial charge in [0.15, 0.2) is 0 Å². The van der Waals surface area contributed by atoms with E-state index in [0.717, 1.165) is 5.56 Å². The van der Waals surface area contributed by atoms with Gasteiger partial charge in [-0.3, -0.25) is 0 Å². The number of anilines is 1. The van der Waals surface area contributed by atoms with Crippen LogP contribution in [0.3, 0.4) is 0 Å². The van der Waals surface area contributed by atoms with Gasteiger partial charge in [0.05, 0.1) is 5.71 Å². The molecule has 0 aliphatic carbocycles. The summed E-state index contributed by atoms with van der Waals surface area (Å²) in [5, 5.41) is 3.77. The Balaban J connectivity index is 2.89. The highest BCUT2D eigenvalue weighted by molar-refractivity contribution is 6.03. The number of nitrogen functional groups attached to an aromatic ring is 1. The lowest BCUT2D eigenvalue weighted by atomic mass is 10.1. The van der Waals surface area contributed by atoms with E-state index in [-0.39, 0.29) is 0 Å². The van der Waals surface area contributed by atoms with Crippen LogP contribution < -0.4 is 16.9 Å². The topological polar surface area (TPSA) is 93.5 Å². The van der Waals surface area contributed by atoms with Crippen molar-refractivity contribution in [2.75, 3.05) is 5.73 Å². The number of para-hydroxylation sites is 1. The van der Waals surface area contributed by atoms with Crippen molar-refractivity contribution in [1.29, 1.82) is 0 Å². The maximum absolute atomic E-state index is 10.4. The van der Waals surface area contributed by atoms with Gasteiger partial charge in [-0.25, -0.2) is 10.2 Å². The van der Waals surface area contributed by atoms with E-state index in [4.69, 9.17) is 11.5 Å². The van der Waals surface area contributed by atoms with Gasteiger partial charge in [-0.2, -0.15) is 5.10 Å². The van der Waals surface area contributed by atoms with Gasteiger partial charge < -0.3 is 11.5 Å². The third kappa shape index (κ3) is 2.48. The zero-order valence-electron chi connectivity index (χ0n) is 7.82. The first-order chi connectivity index (χ1) is 6.61. The largest absolute Gasteiger partial charge is 0.398 e. The molecule has 1 aromatic rings. The van der Waals surface area contributed by atoms with Crippen LogP contribution in [-0.2, 0) is 0 Å². The quantitative estimate of drug-likeness (QED) is 0.365. The molecule has 0 aromatic heterocycles. The van der Waals surface area contributed by atoms with Crippen molar-refractivity contribution < 1.29 is 4.79 Å². The number of benzene rings is 1. The second kappa shape index (κ2) is 4.27. The Morgan fingerprint density at radius 1 is 1.43 bits per heavy atom. The van der Waals surface area contributed by atoms with Gasteiger partial charge in [0, 0.05) is 11.3 Å². The smallest absolute Gasteiger partial charge is 0.332 e. The molecule has 5 N–H and O–H groups in total. The molecular formula is C9H12N4O. The summed E-state index contributed by atoms with van der Waals surface area (Å²) < 4.78 is 0. The number of rotatable bonds is 2. The Hall–Kier alpha value is -2.04. The Kier molecular flexibility index (Phi) is 3.06. The Morgan fingerprint density at radius 2 is 2.07 bits per heavy atom. The first-order valence-corrected chi connectivity index (χ1v) is 4.06. The summed E-state index contributed by atoms with van der Waals surface area (Å²) >= 11 is 0. The van der Waals surface area contributed by atoms with E-state index in [9.17, 15) is 4.79 Å². The number of hydrazone groups is 1. The number of nitrogens with one attached hydrogen (secondary N) is 1. The predicted molar refractivity (Wildman–Crippen MR) is 55.8 cm³/mol. The normalized spacial score (nSPS) is 11.1. The molecule has 5 nitrogen and oxygen atoms in total. The van der Waals surface area contributed by atoms with Crippen molar-refractivity contribution in [1.82, 2.24) is 5.43 Å². The number of primary amides is 1. The van der Waals surface area contributed by atoms with Crippen molar-refractivity contribution in [3.63, 3.8) is 0 Å². The Bertz CT molecular complexity index is 373. The number of urea groups is 1. The highest BCUT2D eigenvalue weighted by Gasteiger charge is 2.01. The third-order valence-corrected chi connectivity index (χ3v) is 1.68. The van der Waals surface area contributed by atoms with E-state index < -0.39 is 6.03 Å². The zero-order valence-corrected chi connectivity index (χ0v) is 7.82. The highest BCUT2D eigenvalue weighted by Crippen LogP contribution is 2.10. The van der Waals surface area contributed by atoms with Gasteiger partial charge in [0.2, 0.25) is 0 Å². The maximum atomic E-state index is 10.4. The van der Waals surface area contributed by atoms with Crippen LogP contribution in [0.4, 0.5) is 10.5 Å². The van der Waals surface area contributed by atoms with Crippen LogP contribution >= 0.6 is 0 Å². The SMILES string of the molecule is C/C(=N/NC(N)=O)c1ccccc1N. The fourth-order valence-corrected chi connectivity index (χ4v) is 1.03. The minimum Gasteiger partial charge on any atom is -0.398 e. The third-order valence-electron chi connectivity index (χ3n) is 1.68. The second-order valence-corrected chi connectivity index (χ2v) is 2.76. The first-order valence-electron chi connectivity index (χ1n) is 4.06.